The third-order valence-corrected chi connectivity index (χ3v) is 1.96. The first-order valence-corrected chi connectivity index (χ1v) is 4.04. The summed E-state index contributed by atoms with van der Waals surface area (Å²) in [5, 5.41) is 0. The molecule has 1 unspecified atom stereocenters. The Morgan fingerprint density at radius 2 is 2.08 bits per heavy atom. The molecule has 1 aromatic carbocycles. The zero-order valence-electron chi connectivity index (χ0n) is 6.83. The van der Waals surface area contributed by atoms with Crippen LogP contribution in [0.3, 0.4) is 0 Å². The predicted octanol–water partition coefficient (Wildman–Crippen LogP) is -1.62. The fourth-order valence-electron chi connectivity index (χ4n) is 0.741. The Bertz CT molecular complexity index is 303. The van der Waals surface area contributed by atoms with E-state index < -0.39 is 16.9 Å². The molecule has 0 spiro atoms. The fourth-order valence-corrected chi connectivity index (χ4v) is 1.14. The van der Waals surface area contributed by atoms with Crippen molar-refractivity contribution in [3.63, 3.8) is 0 Å². The minimum Gasteiger partial charge on any atom is -0.768 e. The standard InChI is InChI=1S/C7H7FO2S.Na/c1-5-2-3-7(11(9)10)6(8)4-5;/h2-4H,1H3,(H,9,10);/q;+1/p-1. The van der Waals surface area contributed by atoms with Crippen LogP contribution < -0.4 is 29.6 Å². The molecular formula is C7H6FNaO2S. The van der Waals surface area contributed by atoms with E-state index in [9.17, 15) is 13.2 Å². The van der Waals surface area contributed by atoms with Crippen molar-refractivity contribution in [3.05, 3.63) is 29.6 Å². The zero-order chi connectivity index (χ0) is 8.43. The van der Waals surface area contributed by atoms with Crippen LogP contribution in [0, 0.1) is 12.7 Å². The molecule has 0 fully saturated rings. The van der Waals surface area contributed by atoms with Crippen LogP contribution >= 0.6 is 0 Å². The van der Waals surface area contributed by atoms with E-state index in [0.29, 0.717) is 5.56 Å². The van der Waals surface area contributed by atoms with Gasteiger partial charge in [-0.25, -0.2) is 4.39 Å². The molecule has 0 saturated heterocycles. The Morgan fingerprint density at radius 1 is 1.50 bits per heavy atom. The van der Waals surface area contributed by atoms with Gasteiger partial charge in [0.05, 0.1) is 4.90 Å². The van der Waals surface area contributed by atoms with Crippen LogP contribution in [-0.4, -0.2) is 8.76 Å². The molecule has 12 heavy (non-hydrogen) atoms. The van der Waals surface area contributed by atoms with Gasteiger partial charge in [0.25, 0.3) is 0 Å². The molecule has 0 bridgehead atoms. The number of aryl methyl sites for hydroxylation is 1. The second kappa shape index (κ2) is 5.09. The zero-order valence-corrected chi connectivity index (χ0v) is 9.65. The molecule has 1 atom stereocenters. The van der Waals surface area contributed by atoms with Gasteiger partial charge in [-0.05, 0) is 35.7 Å². The molecule has 0 saturated carbocycles. The molecule has 0 aliphatic rings. The van der Waals surface area contributed by atoms with Gasteiger partial charge in [-0.1, -0.05) is 6.07 Å². The van der Waals surface area contributed by atoms with Crippen molar-refractivity contribution in [2.24, 2.45) is 0 Å². The van der Waals surface area contributed by atoms with Crippen LogP contribution in [0.15, 0.2) is 23.1 Å². The summed E-state index contributed by atoms with van der Waals surface area (Å²) in [5.74, 6) is -0.696. The van der Waals surface area contributed by atoms with E-state index in [1.807, 2.05) is 0 Å². The Kier molecular flexibility index (Phi) is 5.20. The summed E-state index contributed by atoms with van der Waals surface area (Å²) >= 11 is -2.47. The number of rotatable bonds is 1. The van der Waals surface area contributed by atoms with Crippen molar-refractivity contribution in [2.45, 2.75) is 11.8 Å². The van der Waals surface area contributed by atoms with Crippen molar-refractivity contribution in [2.75, 3.05) is 0 Å². The SMILES string of the molecule is Cc1ccc(S(=O)[O-])c(F)c1.[Na+]. The van der Waals surface area contributed by atoms with E-state index in [1.54, 1.807) is 13.0 Å². The Balaban J connectivity index is 0.00000121. The van der Waals surface area contributed by atoms with Crippen molar-refractivity contribution < 1.29 is 42.7 Å². The minimum absolute atomic E-state index is 0. The topological polar surface area (TPSA) is 40.1 Å². The number of hydrogen-bond acceptors (Lipinski definition) is 2. The first kappa shape index (κ1) is 12.3. The quantitative estimate of drug-likeness (QED) is 0.400. The molecule has 0 N–H and O–H groups in total. The molecule has 0 aliphatic carbocycles. The third kappa shape index (κ3) is 2.95. The van der Waals surface area contributed by atoms with Crippen LogP contribution in [-0.2, 0) is 11.1 Å². The average molecular weight is 196 g/mol. The van der Waals surface area contributed by atoms with Crippen molar-refractivity contribution in [1.29, 1.82) is 0 Å². The Hall–Kier alpha value is 0.260. The van der Waals surface area contributed by atoms with E-state index in [4.69, 9.17) is 0 Å². The summed E-state index contributed by atoms with van der Waals surface area (Å²) in [6.07, 6.45) is 0. The van der Waals surface area contributed by atoms with Gasteiger partial charge in [-0.15, -0.1) is 0 Å². The maximum absolute atomic E-state index is 12.7. The summed E-state index contributed by atoms with van der Waals surface area (Å²) < 4.78 is 33.3. The molecule has 60 valence electrons. The predicted molar refractivity (Wildman–Crippen MR) is 38.3 cm³/mol. The first-order chi connectivity index (χ1) is 5.11. The van der Waals surface area contributed by atoms with Gasteiger partial charge in [-0.3, -0.25) is 4.21 Å². The summed E-state index contributed by atoms with van der Waals surface area (Å²) in [6, 6.07) is 3.98. The van der Waals surface area contributed by atoms with E-state index >= 15 is 0 Å². The molecule has 5 heteroatoms. The first-order valence-electron chi connectivity index (χ1n) is 2.96. The van der Waals surface area contributed by atoms with Crippen molar-refractivity contribution in [1.82, 2.24) is 0 Å². The fraction of sp³-hybridized carbons (Fsp3) is 0.143. The molecule has 1 rings (SSSR count). The van der Waals surface area contributed by atoms with Gasteiger partial charge in [-0.2, -0.15) is 0 Å². The average Bonchev–Trinajstić information content (AvgIpc) is 1.85. The second-order valence-electron chi connectivity index (χ2n) is 2.17. The van der Waals surface area contributed by atoms with Crippen LogP contribution in [0.5, 0.6) is 0 Å². The summed E-state index contributed by atoms with van der Waals surface area (Å²) in [6.45, 7) is 1.70. The van der Waals surface area contributed by atoms with Gasteiger partial charge in [0, 0.05) is 0 Å². The van der Waals surface area contributed by atoms with Gasteiger partial charge in [0.1, 0.15) is 5.82 Å². The molecule has 0 aromatic heterocycles. The Labute approximate surface area is 94.8 Å². The number of benzene rings is 1. The Morgan fingerprint density at radius 3 is 2.50 bits per heavy atom. The molecule has 0 amide bonds. The second-order valence-corrected chi connectivity index (χ2v) is 3.08. The van der Waals surface area contributed by atoms with Gasteiger partial charge in [0.15, 0.2) is 0 Å². The molecule has 0 aliphatic heterocycles. The smallest absolute Gasteiger partial charge is 0.768 e. The van der Waals surface area contributed by atoms with Gasteiger partial charge in [0.2, 0.25) is 0 Å². The van der Waals surface area contributed by atoms with Crippen LogP contribution in [0.2, 0.25) is 0 Å². The minimum atomic E-state index is -2.47. The summed E-state index contributed by atoms with van der Waals surface area (Å²) in [4.78, 5) is -0.282. The molecule has 1 aromatic rings. The summed E-state index contributed by atoms with van der Waals surface area (Å²) in [5.41, 5.74) is 0.705. The maximum atomic E-state index is 12.7. The van der Waals surface area contributed by atoms with Crippen LogP contribution in [0.4, 0.5) is 4.39 Å². The molecule has 2 nitrogen and oxygen atoms in total. The van der Waals surface area contributed by atoms with Crippen LogP contribution in [0.1, 0.15) is 5.56 Å². The van der Waals surface area contributed by atoms with Crippen LogP contribution in [0.25, 0.3) is 0 Å². The van der Waals surface area contributed by atoms with Crippen molar-refractivity contribution >= 4 is 11.1 Å². The van der Waals surface area contributed by atoms with E-state index in [2.05, 4.69) is 0 Å². The van der Waals surface area contributed by atoms with E-state index in [-0.39, 0.29) is 34.5 Å². The van der Waals surface area contributed by atoms with E-state index in [0.717, 1.165) is 0 Å². The monoisotopic (exact) mass is 196 g/mol. The number of hydrogen-bond donors (Lipinski definition) is 0. The maximum Gasteiger partial charge on any atom is 1.00 e. The normalized spacial score (nSPS) is 11.9. The summed E-state index contributed by atoms with van der Waals surface area (Å²) in [7, 11) is 0. The van der Waals surface area contributed by atoms with Gasteiger partial charge < -0.3 is 4.55 Å². The third-order valence-electron chi connectivity index (χ3n) is 1.27. The van der Waals surface area contributed by atoms with E-state index in [1.165, 1.54) is 12.1 Å². The number of halogens is 1. The molecule has 0 heterocycles. The largest absolute Gasteiger partial charge is 1.00 e. The molecular weight excluding hydrogens is 190 g/mol. The molecule has 0 radical (unpaired) electrons. The van der Waals surface area contributed by atoms with Crippen molar-refractivity contribution in [3.8, 4) is 0 Å². The van der Waals surface area contributed by atoms with Gasteiger partial charge >= 0.3 is 29.6 Å².